The van der Waals surface area contributed by atoms with Crippen molar-refractivity contribution in [1.82, 2.24) is 20.1 Å². The largest absolute Gasteiger partial charge is 0.308 e. The zero-order valence-corrected chi connectivity index (χ0v) is 13.8. The monoisotopic (exact) mass is 344 g/mol. The molecule has 0 fully saturated rings. The number of hydrogen-bond donors (Lipinski definition) is 1. The lowest BCUT2D eigenvalue weighted by atomic mass is 9.98. The minimum absolute atomic E-state index is 0.0541. The Hall–Kier alpha value is -1.72. The third kappa shape index (κ3) is 2.47. The van der Waals surface area contributed by atoms with Crippen molar-refractivity contribution < 1.29 is 0 Å². The lowest BCUT2D eigenvalue weighted by Gasteiger charge is -2.20. The van der Waals surface area contributed by atoms with Crippen LogP contribution in [0, 0.1) is 6.92 Å². The van der Waals surface area contributed by atoms with Gasteiger partial charge >= 0.3 is 0 Å². The Bertz CT molecular complexity index is 775. The Morgan fingerprint density at radius 1 is 1.29 bits per heavy atom. The maximum Gasteiger partial charge on any atom is 0.0764 e. The number of nitrogens with one attached hydrogen (secondary N) is 1. The van der Waals surface area contributed by atoms with Crippen molar-refractivity contribution >= 4 is 26.8 Å². The number of hydrogen-bond acceptors (Lipinski definition) is 3. The molecule has 4 nitrogen and oxygen atoms in total. The molecule has 108 valence electrons. The van der Waals surface area contributed by atoms with Gasteiger partial charge in [0.2, 0.25) is 0 Å². The molecule has 5 heteroatoms. The van der Waals surface area contributed by atoms with E-state index in [2.05, 4.69) is 49.5 Å². The van der Waals surface area contributed by atoms with Gasteiger partial charge in [-0.2, -0.15) is 5.10 Å². The second kappa shape index (κ2) is 5.58. The van der Waals surface area contributed by atoms with Gasteiger partial charge in [0.05, 0.1) is 27.9 Å². The summed E-state index contributed by atoms with van der Waals surface area (Å²) >= 11 is 3.60. The normalized spacial score (nSPS) is 12.8. The Morgan fingerprint density at radius 2 is 2.05 bits per heavy atom. The van der Waals surface area contributed by atoms with Gasteiger partial charge in [-0.1, -0.05) is 18.2 Å². The molecule has 0 spiro atoms. The first-order valence-corrected chi connectivity index (χ1v) is 7.62. The molecule has 1 aromatic carbocycles. The van der Waals surface area contributed by atoms with Crippen LogP contribution >= 0.6 is 15.9 Å². The summed E-state index contributed by atoms with van der Waals surface area (Å²) in [5, 5.41) is 8.89. The van der Waals surface area contributed by atoms with E-state index >= 15 is 0 Å². The zero-order chi connectivity index (χ0) is 15.0. The van der Waals surface area contributed by atoms with Gasteiger partial charge < -0.3 is 5.32 Å². The molecule has 1 N–H and O–H groups in total. The van der Waals surface area contributed by atoms with Crippen molar-refractivity contribution in [3.63, 3.8) is 0 Å². The summed E-state index contributed by atoms with van der Waals surface area (Å²) in [6.45, 7) is 2.03. The van der Waals surface area contributed by atoms with Crippen molar-refractivity contribution in [2.24, 2.45) is 7.05 Å². The van der Waals surface area contributed by atoms with E-state index in [9.17, 15) is 0 Å². The minimum Gasteiger partial charge on any atom is -0.308 e. The fourth-order valence-electron chi connectivity index (χ4n) is 2.76. The first kappa shape index (κ1) is 14.2. The quantitative estimate of drug-likeness (QED) is 0.792. The molecule has 3 rings (SSSR count). The maximum atomic E-state index is 4.62. The van der Waals surface area contributed by atoms with E-state index in [4.69, 9.17) is 0 Å². The van der Waals surface area contributed by atoms with Gasteiger partial charge in [-0.05, 0) is 47.6 Å². The van der Waals surface area contributed by atoms with E-state index in [0.29, 0.717) is 0 Å². The number of aryl methyl sites for hydroxylation is 2. The molecule has 0 aliphatic heterocycles. The molecule has 0 aliphatic carbocycles. The maximum absolute atomic E-state index is 4.62. The molecule has 0 saturated carbocycles. The summed E-state index contributed by atoms with van der Waals surface area (Å²) in [5.74, 6) is 0. The van der Waals surface area contributed by atoms with E-state index < -0.39 is 0 Å². The second-order valence-corrected chi connectivity index (χ2v) is 5.95. The van der Waals surface area contributed by atoms with Gasteiger partial charge in [0.1, 0.15) is 0 Å². The second-order valence-electron chi connectivity index (χ2n) is 5.09. The van der Waals surface area contributed by atoms with E-state index in [0.717, 1.165) is 26.8 Å². The topological polar surface area (TPSA) is 42.7 Å². The lowest BCUT2D eigenvalue weighted by molar-refractivity contribution is 0.606. The molecule has 0 radical (unpaired) electrons. The number of halogens is 1. The summed E-state index contributed by atoms with van der Waals surface area (Å²) in [4.78, 5) is 4.62. The van der Waals surface area contributed by atoms with E-state index in [-0.39, 0.29) is 6.04 Å². The van der Waals surface area contributed by atoms with E-state index in [1.54, 1.807) is 0 Å². The molecular weight excluding hydrogens is 328 g/mol. The van der Waals surface area contributed by atoms with Crippen LogP contribution in [0.5, 0.6) is 0 Å². The van der Waals surface area contributed by atoms with Crippen LogP contribution in [0.2, 0.25) is 0 Å². The van der Waals surface area contributed by atoms with E-state index in [1.165, 1.54) is 5.56 Å². The Balaban J connectivity index is 2.27. The minimum atomic E-state index is 0.0541. The number of para-hydroxylation sites is 1. The molecule has 1 unspecified atom stereocenters. The van der Waals surface area contributed by atoms with Gasteiger partial charge in [-0.3, -0.25) is 9.67 Å². The van der Waals surface area contributed by atoms with Crippen LogP contribution in [0.15, 0.2) is 41.0 Å². The summed E-state index contributed by atoms with van der Waals surface area (Å²) < 4.78 is 2.90. The Kier molecular flexibility index (Phi) is 3.78. The van der Waals surface area contributed by atoms with Crippen molar-refractivity contribution in [1.29, 1.82) is 0 Å². The predicted molar refractivity (Wildman–Crippen MR) is 88.3 cm³/mol. The highest BCUT2D eigenvalue weighted by Crippen LogP contribution is 2.32. The fourth-order valence-corrected chi connectivity index (χ4v) is 3.34. The standard InChI is InChI=1S/C16H17BrN4/c1-10-8-12(11-6-4-5-7-14(11)20-10)15(18-2)16-13(17)9-19-21(16)3/h4-9,15,18H,1-3H3. The Labute approximate surface area is 132 Å². The van der Waals surface area contributed by atoms with Gasteiger partial charge in [0.25, 0.3) is 0 Å². The SMILES string of the molecule is CNC(c1cc(C)nc2ccccc12)c1c(Br)cnn1C. The number of fused-ring (bicyclic) bond motifs is 1. The number of benzene rings is 1. The highest BCUT2D eigenvalue weighted by Gasteiger charge is 2.21. The number of aromatic nitrogens is 3. The molecule has 2 heterocycles. The lowest BCUT2D eigenvalue weighted by Crippen LogP contribution is -2.21. The number of pyridine rings is 1. The molecular formula is C16H17BrN4. The van der Waals surface area contributed by atoms with Gasteiger partial charge in [0, 0.05) is 18.1 Å². The molecule has 2 aromatic heterocycles. The molecule has 0 aliphatic rings. The summed E-state index contributed by atoms with van der Waals surface area (Å²) in [6.07, 6.45) is 1.83. The van der Waals surface area contributed by atoms with Crippen molar-refractivity contribution in [2.45, 2.75) is 13.0 Å². The first-order chi connectivity index (χ1) is 10.1. The third-order valence-corrected chi connectivity index (χ3v) is 4.30. The molecule has 3 aromatic rings. The Morgan fingerprint density at radius 3 is 2.71 bits per heavy atom. The molecule has 21 heavy (non-hydrogen) atoms. The first-order valence-electron chi connectivity index (χ1n) is 6.82. The van der Waals surface area contributed by atoms with Crippen LogP contribution < -0.4 is 5.32 Å². The fraction of sp³-hybridized carbons (Fsp3) is 0.250. The van der Waals surface area contributed by atoms with Gasteiger partial charge in [-0.25, -0.2) is 0 Å². The smallest absolute Gasteiger partial charge is 0.0764 e. The van der Waals surface area contributed by atoms with Crippen molar-refractivity contribution in [2.75, 3.05) is 7.05 Å². The number of rotatable bonds is 3. The van der Waals surface area contributed by atoms with Crippen LogP contribution in [0.1, 0.15) is 23.0 Å². The molecule has 0 amide bonds. The molecule has 0 bridgehead atoms. The van der Waals surface area contributed by atoms with Crippen molar-refractivity contribution in [3.05, 3.63) is 58.0 Å². The molecule has 1 atom stereocenters. The summed E-state index contributed by atoms with van der Waals surface area (Å²) in [7, 11) is 3.93. The van der Waals surface area contributed by atoms with Crippen LogP contribution in [0.25, 0.3) is 10.9 Å². The van der Waals surface area contributed by atoms with Crippen LogP contribution in [0.3, 0.4) is 0 Å². The summed E-state index contributed by atoms with van der Waals surface area (Å²) in [5.41, 5.74) is 4.35. The average Bonchev–Trinajstić information content (AvgIpc) is 2.80. The third-order valence-electron chi connectivity index (χ3n) is 3.69. The average molecular weight is 345 g/mol. The van der Waals surface area contributed by atoms with Crippen LogP contribution in [0.4, 0.5) is 0 Å². The predicted octanol–water partition coefficient (Wildman–Crippen LogP) is 3.35. The highest BCUT2D eigenvalue weighted by atomic mass is 79.9. The van der Waals surface area contributed by atoms with Gasteiger partial charge in [0.15, 0.2) is 0 Å². The summed E-state index contributed by atoms with van der Waals surface area (Å²) in [6, 6.07) is 10.4. The van der Waals surface area contributed by atoms with Crippen LogP contribution in [-0.2, 0) is 7.05 Å². The van der Waals surface area contributed by atoms with Gasteiger partial charge in [-0.15, -0.1) is 0 Å². The zero-order valence-electron chi connectivity index (χ0n) is 12.3. The van der Waals surface area contributed by atoms with Crippen molar-refractivity contribution in [3.8, 4) is 0 Å². The van der Waals surface area contributed by atoms with Crippen LogP contribution in [-0.4, -0.2) is 21.8 Å². The highest BCUT2D eigenvalue weighted by molar-refractivity contribution is 9.10. The number of nitrogens with zero attached hydrogens (tertiary/aromatic N) is 3. The van der Waals surface area contributed by atoms with E-state index in [1.807, 2.05) is 44.0 Å². The molecule has 0 saturated heterocycles.